The van der Waals surface area contributed by atoms with Crippen molar-refractivity contribution in [3.8, 4) is 0 Å². The van der Waals surface area contributed by atoms with Gasteiger partial charge in [0.15, 0.2) is 5.22 Å². The van der Waals surface area contributed by atoms with E-state index in [1.54, 1.807) is 6.07 Å². The van der Waals surface area contributed by atoms with Crippen molar-refractivity contribution < 1.29 is 4.42 Å². The molecule has 104 valence electrons. The van der Waals surface area contributed by atoms with Crippen molar-refractivity contribution in [1.82, 2.24) is 14.9 Å². The molecule has 0 bridgehead atoms. The van der Waals surface area contributed by atoms with Gasteiger partial charge >= 0.3 is 0 Å². The second-order valence-corrected chi connectivity index (χ2v) is 5.04. The largest absolute Gasteiger partial charge is 0.448 e. The summed E-state index contributed by atoms with van der Waals surface area (Å²) in [5, 5.41) is 3.78. The summed E-state index contributed by atoms with van der Waals surface area (Å²) in [5.74, 6) is 0.864. The highest BCUT2D eigenvalue weighted by molar-refractivity contribution is 6.28. The van der Waals surface area contributed by atoms with Gasteiger partial charge < -0.3 is 14.3 Å². The molecule has 0 saturated heterocycles. The molecule has 0 aliphatic carbocycles. The Hall–Kier alpha value is -1.78. The van der Waals surface area contributed by atoms with E-state index in [1.807, 2.05) is 30.6 Å². The molecule has 0 atom stereocenters. The topological polar surface area (TPSA) is 43.0 Å². The SMILES string of the molecule is Clc1ccc(CNCCCn2cnc3ccccc32)o1. The van der Waals surface area contributed by atoms with Gasteiger partial charge in [-0.15, -0.1) is 0 Å². The minimum atomic E-state index is 0.437. The molecule has 20 heavy (non-hydrogen) atoms. The van der Waals surface area contributed by atoms with E-state index in [0.717, 1.165) is 30.8 Å². The number of aryl methyl sites for hydroxylation is 1. The van der Waals surface area contributed by atoms with Crippen molar-refractivity contribution in [3.63, 3.8) is 0 Å². The Morgan fingerprint density at radius 3 is 2.95 bits per heavy atom. The first-order chi connectivity index (χ1) is 9.83. The van der Waals surface area contributed by atoms with Crippen LogP contribution in [-0.4, -0.2) is 16.1 Å². The summed E-state index contributed by atoms with van der Waals surface area (Å²) in [6.07, 6.45) is 2.94. The molecule has 3 rings (SSSR count). The average Bonchev–Trinajstić information content (AvgIpc) is 3.05. The molecule has 0 saturated carbocycles. The molecular formula is C15H16ClN3O. The highest BCUT2D eigenvalue weighted by Crippen LogP contribution is 2.13. The van der Waals surface area contributed by atoms with Crippen LogP contribution < -0.4 is 5.32 Å². The number of para-hydroxylation sites is 2. The van der Waals surface area contributed by atoms with Crippen molar-refractivity contribution in [2.75, 3.05) is 6.54 Å². The molecular weight excluding hydrogens is 274 g/mol. The number of hydrogen-bond acceptors (Lipinski definition) is 3. The summed E-state index contributed by atoms with van der Waals surface area (Å²) in [7, 11) is 0. The van der Waals surface area contributed by atoms with Crippen LogP contribution in [0.25, 0.3) is 11.0 Å². The lowest BCUT2D eigenvalue weighted by Gasteiger charge is -2.05. The number of imidazole rings is 1. The van der Waals surface area contributed by atoms with Crippen molar-refractivity contribution in [2.24, 2.45) is 0 Å². The minimum absolute atomic E-state index is 0.437. The van der Waals surface area contributed by atoms with Crippen molar-refractivity contribution in [2.45, 2.75) is 19.5 Å². The molecule has 5 heteroatoms. The van der Waals surface area contributed by atoms with Crippen LogP contribution in [0.4, 0.5) is 0 Å². The standard InChI is InChI=1S/C15H16ClN3O/c16-15-7-6-12(20-15)10-17-8-3-9-19-11-18-13-4-1-2-5-14(13)19/h1-2,4-7,11,17H,3,8-10H2. The van der Waals surface area contributed by atoms with Gasteiger partial charge in [-0.25, -0.2) is 4.98 Å². The number of nitrogens with one attached hydrogen (secondary N) is 1. The fourth-order valence-electron chi connectivity index (χ4n) is 2.22. The molecule has 2 heterocycles. The van der Waals surface area contributed by atoms with Crippen molar-refractivity contribution in [3.05, 3.63) is 53.7 Å². The third-order valence-electron chi connectivity index (χ3n) is 3.21. The van der Waals surface area contributed by atoms with Crippen LogP contribution in [0.3, 0.4) is 0 Å². The fraction of sp³-hybridized carbons (Fsp3) is 0.267. The lowest BCUT2D eigenvalue weighted by Crippen LogP contribution is -2.16. The van der Waals surface area contributed by atoms with Crippen molar-refractivity contribution >= 4 is 22.6 Å². The molecule has 0 aliphatic heterocycles. The first-order valence-corrected chi connectivity index (χ1v) is 7.05. The Bertz CT molecular complexity index is 689. The predicted molar refractivity (Wildman–Crippen MR) is 79.8 cm³/mol. The molecule has 4 nitrogen and oxygen atoms in total. The lowest BCUT2D eigenvalue weighted by molar-refractivity contribution is 0.478. The Kier molecular flexibility index (Phi) is 4.04. The van der Waals surface area contributed by atoms with Gasteiger partial charge in [-0.05, 0) is 48.8 Å². The zero-order valence-corrected chi connectivity index (χ0v) is 11.8. The van der Waals surface area contributed by atoms with Gasteiger partial charge in [0.1, 0.15) is 5.76 Å². The Balaban J connectivity index is 1.46. The number of aromatic nitrogens is 2. The van der Waals surface area contributed by atoms with E-state index in [4.69, 9.17) is 16.0 Å². The molecule has 0 aliphatic rings. The van der Waals surface area contributed by atoms with E-state index in [1.165, 1.54) is 5.52 Å². The van der Waals surface area contributed by atoms with Gasteiger partial charge in [-0.1, -0.05) is 12.1 Å². The van der Waals surface area contributed by atoms with E-state index in [0.29, 0.717) is 11.8 Å². The van der Waals surface area contributed by atoms with E-state index < -0.39 is 0 Å². The summed E-state index contributed by atoms with van der Waals surface area (Å²) in [6.45, 7) is 2.58. The highest BCUT2D eigenvalue weighted by atomic mass is 35.5. The Morgan fingerprint density at radius 1 is 1.20 bits per heavy atom. The number of benzene rings is 1. The number of rotatable bonds is 6. The van der Waals surface area contributed by atoms with Crippen LogP contribution in [0, 0.1) is 0 Å². The maximum atomic E-state index is 5.72. The molecule has 2 aromatic heterocycles. The molecule has 3 aromatic rings. The van der Waals surface area contributed by atoms with Gasteiger partial charge in [-0.3, -0.25) is 0 Å². The van der Waals surface area contributed by atoms with Crippen molar-refractivity contribution in [1.29, 1.82) is 0 Å². The van der Waals surface area contributed by atoms with E-state index in [2.05, 4.69) is 20.9 Å². The summed E-state index contributed by atoms with van der Waals surface area (Å²) < 4.78 is 7.46. The lowest BCUT2D eigenvalue weighted by atomic mass is 10.3. The average molecular weight is 290 g/mol. The maximum Gasteiger partial charge on any atom is 0.193 e. The smallest absolute Gasteiger partial charge is 0.193 e. The third kappa shape index (κ3) is 3.03. The molecule has 0 amide bonds. The van der Waals surface area contributed by atoms with E-state index >= 15 is 0 Å². The van der Waals surface area contributed by atoms with Crippen LogP contribution in [0.5, 0.6) is 0 Å². The normalized spacial score (nSPS) is 11.2. The van der Waals surface area contributed by atoms with Gasteiger partial charge in [0.25, 0.3) is 0 Å². The molecule has 0 fully saturated rings. The third-order valence-corrected chi connectivity index (χ3v) is 3.41. The van der Waals surface area contributed by atoms with Crippen LogP contribution >= 0.6 is 11.6 Å². The van der Waals surface area contributed by atoms with Crippen LogP contribution in [0.1, 0.15) is 12.2 Å². The second-order valence-electron chi connectivity index (χ2n) is 4.66. The second kappa shape index (κ2) is 6.11. The van der Waals surface area contributed by atoms with Crippen LogP contribution in [0.15, 0.2) is 47.1 Å². The fourth-order valence-corrected chi connectivity index (χ4v) is 2.38. The molecule has 1 aromatic carbocycles. The van der Waals surface area contributed by atoms with Crippen LogP contribution in [0.2, 0.25) is 5.22 Å². The van der Waals surface area contributed by atoms with Gasteiger partial charge in [0, 0.05) is 6.54 Å². The number of halogens is 1. The zero-order valence-electron chi connectivity index (χ0n) is 11.1. The van der Waals surface area contributed by atoms with E-state index in [9.17, 15) is 0 Å². The van der Waals surface area contributed by atoms with Gasteiger partial charge in [0.2, 0.25) is 0 Å². The Labute approximate surface area is 122 Å². The van der Waals surface area contributed by atoms with Crippen LogP contribution in [-0.2, 0) is 13.1 Å². The first-order valence-electron chi connectivity index (χ1n) is 6.68. The summed E-state index contributed by atoms with van der Waals surface area (Å²) in [4.78, 5) is 4.38. The highest BCUT2D eigenvalue weighted by Gasteiger charge is 2.01. The summed E-state index contributed by atoms with van der Waals surface area (Å²) in [5.41, 5.74) is 2.23. The number of nitrogens with zero attached hydrogens (tertiary/aromatic N) is 2. The molecule has 0 spiro atoms. The zero-order chi connectivity index (χ0) is 13.8. The molecule has 0 radical (unpaired) electrons. The summed E-state index contributed by atoms with van der Waals surface area (Å²) in [6, 6.07) is 11.8. The number of hydrogen-bond donors (Lipinski definition) is 1. The monoisotopic (exact) mass is 289 g/mol. The first kappa shape index (κ1) is 13.2. The maximum absolute atomic E-state index is 5.72. The van der Waals surface area contributed by atoms with E-state index in [-0.39, 0.29) is 0 Å². The van der Waals surface area contributed by atoms with Gasteiger partial charge in [-0.2, -0.15) is 0 Å². The number of fused-ring (bicyclic) bond motifs is 1. The minimum Gasteiger partial charge on any atom is -0.448 e. The molecule has 0 unspecified atom stereocenters. The predicted octanol–water partition coefficient (Wildman–Crippen LogP) is 3.46. The Morgan fingerprint density at radius 2 is 2.10 bits per heavy atom. The number of furan rings is 1. The summed E-state index contributed by atoms with van der Waals surface area (Å²) >= 11 is 5.72. The molecule has 1 N–H and O–H groups in total. The van der Waals surface area contributed by atoms with Gasteiger partial charge in [0.05, 0.1) is 23.9 Å². The quantitative estimate of drug-likeness (QED) is 0.707.